The third-order valence-corrected chi connectivity index (χ3v) is 9.89. The lowest BCUT2D eigenvalue weighted by Crippen LogP contribution is -2.34. The molecule has 4 heterocycles. The summed E-state index contributed by atoms with van der Waals surface area (Å²) >= 11 is 2.41. The van der Waals surface area contributed by atoms with Crippen molar-refractivity contribution >= 4 is 78.8 Å². The number of aromatic carboxylic acids is 1. The molecule has 0 atom stereocenters. The normalized spacial score (nSPS) is 11.0. The Morgan fingerprint density at radius 1 is 0.828 bits per heavy atom. The van der Waals surface area contributed by atoms with Gasteiger partial charge in [0.05, 0.1) is 34.5 Å². The Labute approximate surface area is 328 Å². The van der Waals surface area contributed by atoms with Crippen molar-refractivity contribution in [3.8, 4) is 34.3 Å². The number of amides is 2. The molecular formula is C32H24F3N7O13S3. The van der Waals surface area contributed by atoms with E-state index in [1.54, 1.807) is 47.2 Å². The Kier molecular flexibility index (Phi) is 13.2. The molecule has 6 aromatic rings. The molecule has 304 valence electrons. The van der Waals surface area contributed by atoms with Gasteiger partial charge in [-0.25, -0.2) is 42.3 Å². The Balaban J connectivity index is 0.000000248. The molecule has 0 saturated heterocycles. The highest BCUT2D eigenvalue weighted by molar-refractivity contribution is 7.90. The zero-order valence-corrected chi connectivity index (χ0v) is 31.1. The third-order valence-electron chi connectivity index (χ3n) is 6.99. The number of halogens is 3. The Morgan fingerprint density at radius 3 is 1.93 bits per heavy atom. The van der Waals surface area contributed by atoms with Crippen LogP contribution in [0.3, 0.4) is 0 Å². The molecule has 0 aliphatic rings. The van der Waals surface area contributed by atoms with E-state index in [9.17, 15) is 55.8 Å². The third kappa shape index (κ3) is 10.1. The Morgan fingerprint density at radius 2 is 1.36 bits per heavy atom. The number of thiophene rings is 2. The summed E-state index contributed by atoms with van der Waals surface area (Å²) in [7, 11) is -3.11. The second-order valence-corrected chi connectivity index (χ2v) is 13.9. The second kappa shape index (κ2) is 17.6. The van der Waals surface area contributed by atoms with Gasteiger partial charge in [-0.05, 0) is 11.5 Å². The van der Waals surface area contributed by atoms with E-state index in [2.05, 4.69) is 30.0 Å². The fourth-order valence-electron chi connectivity index (χ4n) is 4.41. The number of alkyl halides is 3. The number of nitrogen functional groups attached to an aromatic ring is 1. The number of carbonyl (C=O) groups is 4. The van der Waals surface area contributed by atoms with Gasteiger partial charge in [0.25, 0.3) is 21.1 Å². The number of nitrogens with one attached hydrogen (secondary N) is 4. The van der Waals surface area contributed by atoms with Crippen LogP contribution in [0.25, 0.3) is 33.5 Å². The van der Waals surface area contributed by atoms with Gasteiger partial charge in [-0.3, -0.25) is 9.59 Å². The molecule has 0 spiro atoms. The quantitative estimate of drug-likeness (QED) is 0.103. The predicted molar refractivity (Wildman–Crippen MR) is 199 cm³/mol. The van der Waals surface area contributed by atoms with E-state index < -0.39 is 74.1 Å². The molecule has 0 saturated carbocycles. The van der Waals surface area contributed by atoms with Gasteiger partial charge >= 0.3 is 30.1 Å². The number of anilines is 2. The van der Waals surface area contributed by atoms with Crippen LogP contribution in [-0.2, 0) is 19.6 Å². The van der Waals surface area contributed by atoms with E-state index in [4.69, 9.17) is 20.7 Å². The lowest BCUT2D eigenvalue weighted by Gasteiger charge is -2.11. The van der Waals surface area contributed by atoms with E-state index >= 15 is 0 Å². The van der Waals surface area contributed by atoms with Gasteiger partial charge in [0.2, 0.25) is 11.5 Å². The molecule has 0 aliphatic heterocycles. The minimum Gasteiger partial charge on any atom is -0.501 e. The summed E-state index contributed by atoms with van der Waals surface area (Å²) in [6.45, 7) is 0. The van der Waals surface area contributed by atoms with Crippen LogP contribution in [-0.4, -0.2) is 86.0 Å². The number of aromatic amines is 2. The van der Waals surface area contributed by atoms with Crippen molar-refractivity contribution in [1.82, 2.24) is 24.7 Å². The molecule has 0 bridgehead atoms. The molecule has 0 radical (unpaired) electrons. The maximum atomic E-state index is 12.8. The molecule has 10 N–H and O–H groups in total. The number of hydrogen-bond acceptors (Lipinski definition) is 16. The first kappa shape index (κ1) is 43.4. The predicted octanol–water partition coefficient (Wildman–Crippen LogP) is 3.77. The van der Waals surface area contributed by atoms with Crippen LogP contribution in [0.2, 0.25) is 0 Å². The van der Waals surface area contributed by atoms with Crippen LogP contribution in [0.15, 0.2) is 78.5 Å². The number of aromatic nitrogens is 4. The average Bonchev–Trinajstić information content (AvgIpc) is 3.81. The van der Waals surface area contributed by atoms with Gasteiger partial charge in [0, 0.05) is 26.9 Å². The number of esters is 1. The van der Waals surface area contributed by atoms with Crippen LogP contribution in [0.1, 0.15) is 21.0 Å². The number of carboxylic acids is 2. The summed E-state index contributed by atoms with van der Waals surface area (Å²) in [5.41, 5.74) is 3.56. The van der Waals surface area contributed by atoms with E-state index in [1.165, 1.54) is 28.2 Å². The number of nitrogens with two attached hydrogens (primary N) is 1. The molecule has 6 rings (SSSR count). The number of carboxylic acid groups (broad SMARTS) is 2. The molecule has 58 heavy (non-hydrogen) atoms. The first-order valence-electron chi connectivity index (χ1n) is 15.1. The van der Waals surface area contributed by atoms with Crippen molar-refractivity contribution in [2.75, 3.05) is 18.2 Å². The number of H-pyrrole nitrogens is 2. The Bertz CT molecular complexity index is 2780. The Hall–Kier alpha value is -7.32. The van der Waals surface area contributed by atoms with Crippen LogP contribution in [0, 0.1) is 0 Å². The van der Waals surface area contributed by atoms with Crippen LogP contribution >= 0.6 is 22.7 Å². The fraction of sp³-hybridized carbons (Fsp3) is 0.0625. The minimum atomic E-state index is -5.08. The molecule has 26 heteroatoms. The van der Waals surface area contributed by atoms with Gasteiger partial charge in [0.15, 0.2) is 11.4 Å². The number of methoxy groups -OCH3 is 1. The molecule has 20 nitrogen and oxygen atoms in total. The van der Waals surface area contributed by atoms with E-state index in [1.807, 2.05) is 4.72 Å². The summed E-state index contributed by atoms with van der Waals surface area (Å²) in [6.07, 6.45) is -5.08. The average molecular weight is 868 g/mol. The van der Waals surface area contributed by atoms with Crippen molar-refractivity contribution in [3.05, 3.63) is 96.1 Å². The highest BCUT2D eigenvalue weighted by Gasteiger charge is 2.38. The number of nitrogens with zero attached hydrogens (tertiary/aromatic N) is 2. The molecule has 0 unspecified atom stereocenters. The molecule has 2 amide bonds. The van der Waals surface area contributed by atoms with E-state index in [0.29, 0.717) is 22.0 Å². The first-order chi connectivity index (χ1) is 27.2. The zero-order chi connectivity index (χ0) is 43.1. The molecule has 0 aliphatic carbocycles. The monoisotopic (exact) mass is 867 g/mol. The number of aliphatic carboxylic acids is 1. The number of aromatic hydroxyl groups is 2. The summed E-state index contributed by atoms with van der Waals surface area (Å²) < 4.78 is 63.7. The number of ether oxygens (including phenoxy) is 1. The summed E-state index contributed by atoms with van der Waals surface area (Å²) in [5, 5.41) is 45.0. The number of sulfonamides is 1. The van der Waals surface area contributed by atoms with Gasteiger partial charge in [-0.1, -0.05) is 36.4 Å². The summed E-state index contributed by atoms with van der Waals surface area (Å²) in [4.78, 5) is 79.4. The van der Waals surface area contributed by atoms with Gasteiger partial charge in [0.1, 0.15) is 11.6 Å². The highest BCUT2D eigenvalue weighted by Crippen LogP contribution is 2.31. The standard InChI is InChI=1S/C20H14N4O7S2.C10H9N3O4S.C2HF3O2/c25-16-15(19(27)28)22-17(23-18(16)26)12-8-32-9-13(12)21-20(29)24-33(30,31)14-7-3-5-10-4-1-2-6-11(10)14;1-17-10(16)6-7(14)9(15)13-8(12-6)4-2-18-3-5(4)11;3-2(4,5)1(6)7/h1-9,25H,(H,27,28)(H2,21,24,29)(H,22,23,26);2-3,14H,11H2,1H3,(H,12,13,15);(H,6,7). The van der Waals surface area contributed by atoms with Crippen LogP contribution in [0.4, 0.5) is 29.3 Å². The number of hydrogen-bond donors (Lipinski definition) is 9. The van der Waals surface area contributed by atoms with Crippen molar-refractivity contribution in [2.45, 2.75) is 11.1 Å². The van der Waals surface area contributed by atoms with Crippen molar-refractivity contribution < 1.29 is 65.9 Å². The van der Waals surface area contributed by atoms with Gasteiger partial charge < -0.3 is 46.2 Å². The first-order valence-corrected chi connectivity index (χ1v) is 18.5. The number of urea groups is 1. The maximum Gasteiger partial charge on any atom is 0.490 e. The van der Waals surface area contributed by atoms with E-state index in [0.717, 1.165) is 18.4 Å². The summed E-state index contributed by atoms with van der Waals surface area (Å²) in [5.74, 6) is -7.24. The molecule has 2 aromatic carbocycles. The van der Waals surface area contributed by atoms with Crippen LogP contribution < -0.4 is 26.9 Å². The molecule has 0 fully saturated rings. The van der Waals surface area contributed by atoms with Crippen molar-refractivity contribution in [2.24, 2.45) is 0 Å². The number of carbonyl (C=O) groups excluding carboxylic acids is 2. The second-order valence-electron chi connectivity index (χ2n) is 10.8. The van der Waals surface area contributed by atoms with Gasteiger partial charge in [-0.15, -0.1) is 22.7 Å². The molecule has 4 aromatic heterocycles. The van der Waals surface area contributed by atoms with E-state index in [-0.39, 0.29) is 27.8 Å². The molecular weight excluding hydrogens is 844 g/mol. The fourth-order valence-corrected chi connectivity index (χ4v) is 7.04. The SMILES string of the molecule is COC(=O)c1nc(-c2cscc2N)[nH]c(=O)c1O.O=C(Nc1cscc1-c1nc(C(=O)O)c(O)c(=O)[nH]1)NS(=O)(=O)c1cccc2ccccc12.O=C(O)C(F)(F)F. The van der Waals surface area contributed by atoms with Crippen molar-refractivity contribution in [1.29, 1.82) is 0 Å². The minimum absolute atomic E-state index is 0.0656. The lowest BCUT2D eigenvalue weighted by molar-refractivity contribution is -0.192. The number of benzene rings is 2. The van der Waals surface area contributed by atoms with Crippen molar-refractivity contribution in [3.63, 3.8) is 0 Å². The smallest absolute Gasteiger partial charge is 0.490 e. The van der Waals surface area contributed by atoms with Gasteiger partial charge in [-0.2, -0.15) is 13.2 Å². The lowest BCUT2D eigenvalue weighted by atomic mass is 10.1. The number of rotatable bonds is 7. The number of fused-ring (bicyclic) bond motifs is 1. The topological polar surface area (TPSA) is 334 Å². The largest absolute Gasteiger partial charge is 0.501 e. The maximum absolute atomic E-state index is 12.8. The summed E-state index contributed by atoms with van der Waals surface area (Å²) in [6, 6.07) is 10.4. The zero-order valence-electron chi connectivity index (χ0n) is 28.6. The van der Waals surface area contributed by atoms with Crippen LogP contribution in [0.5, 0.6) is 11.5 Å². The highest BCUT2D eigenvalue weighted by atomic mass is 32.2.